The van der Waals surface area contributed by atoms with Crippen molar-refractivity contribution in [3.05, 3.63) is 84.1 Å². The molecular formula is C35H38FN3O5. The molecule has 0 unspecified atom stereocenters. The van der Waals surface area contributed by atoms with Gasteiger partial charge in [-0.25, -0.2) is 14.4 Å². The van der Waals surface area contributed by atoms with Gasteiger partial charge in [-0.2, -0.15) is 0 Å². The minimum atomic E-state index is -0.697. The van der Waals surface area contributed by atoms with Gasteiger partial charge >= 0.3 is 5.97 Å². The number of nitrogens with zero attached hydrogens (tertiary/aromatic N) is 2. The maximum Gasteiger partial charge on any atom is 0.311 e. The summed E-state index contributed by atoms with van der Waals surface area (Å²) in [5.41, 5.74) is 1.98. The van der Waals surface area contributed by atoms with Crippen LogP contribution in [0, 0.1) is 23.6 Å². The molecule has 44 heavy (non-hydrogen) atoms. The molecule has 8 nitrogen and oxygen atoms in total. The molecule has 0 amide bonds. The molecule has 0 aliphatic rings. The number of rotatable bonds is 12. The summed E-state index contributed by atoms with van der Waals surface area (Å²) in [6.45, 7) is 12.4. The lowest BCUT2D eigenvalue weighted by Gasteiger charge is -2.33. The van der Waals surface area contributed by atoms with Crippen LogP contribution in [0.25, 0.3) is 21.8 Å². The average molecular weight is 600 g/mol. The number of hydrogen-bond acceptors (Lipinski definition) is 7. The van der Waals surface area contributed by atoms with Gasteiger partial charge in [-0.05, 0) is 69.4 Å². The van der Waals surface area contributed by atoms with Crippen LogP contribution < -0.4 is 14.2 Å². The van der Waals surface area contributed by atoms with Crippen molar-refractivity contribution >= 4 is 27.8 Å². The highest BCUT2D eigenvalue weighted by Gasteiger charge is 2.36. The van der Waals surface area contributed by atoms with Crippen molar-refractivity contribution in [1.29, 1.82) is 0 Å². The maximum absolute atomic E-state index is 15.4. The summed E-state index contributed by atoms with van der Waals surface area (Å²) >= 11 is 0. The van der Waals surface area contributed by atoms with E-state index in [4.69, 9.17) is 18.9 Å². The van der Waals surface area contributed by atoms with Crippen molar-refractivity contribution < 1.29 is 28.1 Å². The van der Waals surface area contributed by atoms with Gasteiger partial charge in [0, 0.05) is 22.7 Å². The van der Waals surface area contributed by atoms with Crippen LogP contribution in [0.4, 0.5) is 4.39 Å². The van der Waals surface area contributed by atoms with Crippen LogP contribution >= 0.6 is 0 Å². The van der Waals surface area contributed by atoms with E-state index in [2.05, 4.69) is 15.0 Å². The van der Waals surface area contributed by atoms with E-state index in [1.165, 1.54) is 6.33 Å². The summed E-state index contributed by atoms with van der Waals surface area (Å²) in [5, 5.41) is 0.968. The first-order valence-electron chi connectivity index (χ1n) is 14.7. The average Bonchev–Trinajstić information content (AvgIpc) is 3.37. The van der Waals surface area contributed by atoms with Gasteiger partial charge in [0.1, 0.15) is 12.9 Å². The Morgan fingerprint density at radius 2 is 1.66 bits per heavy atom. The molecule has 1 N–H and O–H groups in total. The van der Waals surface area contributed by atoms with E-state index in [0.29, 0.717) is 52.9 Å². The molecule has 2 aromatic heterocycles. The molecule has 0 saturated carbocycles. The number of aromatic nitrogens is 3. The van der Waals surface area contributed by atoms with Crippen LogP contribution in [0.2, 0.25) is 0 Å². The summed E-state index contributed by atoms with van der Waals surface area (Å²) in [7, 11) is 0. The maximum atomic E-state index is 15.4. The van der Waals surface area contributed by atoms with E-state index in [0.717, 1.165) is 11.3 Å². The van der Waals surface area contributed by atoms with Crippen molar-refractivity contribution in [3.8, 4) is 23.1 Å². The quantitative estimate of drug-likeness (QED) is 0.144. The van der Waals surface area contributed by atoms with Crippen molar-refractivity contribution in [2.24, 2.45) is 10.8 Å². The molecule has 0 fully saturated rings. The van der Waals surface area contributed by atoms with Crippen molar-refractivity contribution in [2.45, 2.75) is 54.6 Å². The number of aryl methyl sites for hydroxylation is 1. The van der Waals surface area contributed by atoms with Crippen LogP contribution in [0.5, 0.6) is 23.1 Å². The third-order valence-electron chi connectivity index (χ3n) is 7.31. The summed E-state index contributed by atoms with van der Waals surface area (Å²) in [5.74, 6) is 0.441. The highest BCUT2D eigenvalue weighted by Crippen LogP contribution is 2.40. The largest absolute Gasteiger partial charge is 0.489 e. The van der Waals surface area contributed by atoms with E-state index >= 15 is 4.39 Å². The van der Waals surface area contributed by atoms with E-state index in [1.54, 1.807) is 37.3 Å². The fourth-order valence-corrected chi connectivity index (χ4v) is 5.47. The third kappa shape index (κ3) is 6.93. The second-order valence-electron chi connectivity index (χ2n) is 12.4. The highest BCUT2D eigenvalue weighted by molar-refractivity contribution is 5.87. The number of halogens is 1. The lowest BCUT2D eigenvalue weighted by atomic mass is 9.75. The number of carbonyl (C=O) groups is 1. The first-order chi connectivity index (χ1) is 21.0. The van der Waals surface area contributed by atoms with Gasteiger partial charge in [0.05, 0.1) is 29.5 Å². The van der Waals surface area contributed by atoms with Crippen molar-refractivity contribution in [2.75, 3.05) is 13.2 Å². The minimum Gasteiger partial charge on any atom is -0.489 e. The van der Waals surface area contributed by atoms with Crippen molar-refractivity contribution in [3.63, 3.8) is 0 Å². The Kier molecular flexibility index (Phi) is 8.76. The fourth-order valence-electron chi connectivity index (χ4n) is 5.47. The van der Waals surface area contributed by atoms with Gasteiger partial charge in [0.15, 0.2) is 23.1 Å². The van der Waals surface area contributed by atoms with E-state index < -0.39 is 16.6 Å². The second-order valence-corrected chi connectivity index (χ2v) is 12.4. The van der Waals surface area contributed by atoms with Crippen LogP contribution in [0.15, 0.2) is 67.0 Å². The number of nitrogens with one attached hydrogen (secondary N) is 1. The number of hydrogen-bond donors (Lipinski definition) is 1. The zero-order valence-corrected chi connectivity index (χ0v) is 26.0. The number of benzene rings is 3. The molecule has 0 radical (unpaired) electrons. The summed E-state index contributed by atoms with van der Waals surface area (Å²) in [4.78, 5) is 24.5. The Morgan fingerprint density at radius 3 is 2.41 bits per heavy atom. The highest BCUT2D eigenvalue weighted by atomic mass is 19.1. The minimum absolute atomic E-state index is 0.0469. The van der Waals surface area contributed by atoms with Gasteiger partial charge < -0.3 is 23.9 Å². The van der Waals surface area contributed by atoms with Gasteiger partial charge in [-0.1, -0.05) is 44.2 Å². The molecule has 0 saturated heterocycles. The third-order valence-corrected chi connectivity index (χ3v) is 7.31. The van der Waals surface area contributed by atoms with Crippen LogP contribution in [-0.2, 0) is 16.1 Å². The summed E-state index contributed by atoms with van der Waals surface area (Å²) in [6, 6.07) is 18.4. The fraction of sp³-hybridized carbons (Fsp3) is 0.343. The SMILES string of the molecule is CCOC(=O)C(C)(C)CC(C)(C)COc1cc2c(Oc3ccc4[nH]c(C)cc4c3F)ncnc2cc1OCc1ccccc1. The topological polar surface area (TPSA) is 95.6 Å². The first kappa shape index (κ1) is 30.8. The number of carbonyl (C=O) groups excluding carboxylic acids is 1. The van der Waals surface area contributed by atoms with Crippen molar-refractivity contribution in [1.82, 2.24) is 15.0 Å². The zero-order valence-electron chi connectivity index (χ0n) is 26.0. The van der Waals surface area contributed by atoms with E-state index in [-0.39, 0.29) is 24.2 Å². The molecule has 5 aromatic rings. The number of H-pyrrole nitrogens is 1. The van der Waals surface area contributed by atoms with Gasteiger partial charge in [0.2, 0.25) is 5.88 Å². The molecule has 2 heterocycles. The monoisotopic (exact) mass is 599 g/mol. The van der Waals surface area contributed by atoms with E-state index in [9.17, 15) is 4.79 Å². The molecule has 0 spiro atoms. The Hall–Kier alpha value is -4.66. The molecule has 0 bridgehead atoms. The Morgan fingerprint density at radius 1 is 0.909 bits per heavy atom. The summed E-state index contributed by atoms with van der Waals surface area (Å²) in [6.07, 6.45) is 1.90. The Labute approximate surface area is 256 Å². The predicted octanol–water partition coefficient (Wildman–Crippen LogP) is 8.31. The van der Waals surface area contributed by atoms with Gasteiger partial charge in [-0.3, -0.25) is 4.79 Å². The number of aromatic amines is 1. The molecule has 5 rings (SSSR count). The molecule has 3 aromatic carbocycles. The standard InChI is InChI=1S/C35H38FN3O5/c1-7-41-33(40)35(5,6)19-34(3,4)20-43-29-16-25-27(17-30(29)42-18-23-11-9-8-10-12-23)37-21-38-32(25)44-28-14-13-26-24(31(28)36)15-22(2)39-26/h8-17,21,39H,7,18-20H2,1-6H3. The number of esters is 1. The molecule has 0 aliphatic heterocycles. The first-order valence-corrected chi connectivity index (χ1v) is 14.7. The second kappa shape index (κ2) is 12.5. The normalized spacial score (nSPS) is 12.0. The smallest absolute Gasteiger partial charge is 0.311 e. The lowest BCUT2D eigenvalue weighted by molar-refractivity contribution is -0.155. The lowest BCUT2D eigenvalue weighted by Crippen LogP contribution is -2.35. The molecule has 9 heteroatoms. The van der Waals surface area contributed by atoms with Gasteiger partial charge in [0.25, 0.3) is 0 Å². The summed E-state index contributed by atoms with van der Waals surface area (Å²) < 4.78 is 39.4. The molecule has 0 atom stereocenters. The van der Waals surface area contributed by atoms with E-state index in [1.807, 2.05) is 65.0 Å². The number of ether oxygens (including phenoxy) is 4. The van der Waals surface area contributed by atoms with Gasteiger partial charge in [-0.15, -0.1) is 0 Å². The molecular weight excluding hydrogens is 561 g/mol. The van der Waals surface area contributed by atoms with Crippen LogP contribution in [-0.4, -0.2) is 34.1 Å². The number of fused-ring (bicyclic) bond motifs is 2. The predicted molar refractivity (Wildman–Crippen MR) is 168 cm³/mol. The molecule has 0 aliphatic carbocycles. The van der Waals surface area contributed by atoms with Crippen LogP contribution in [0.3, 0.4) is 0 Å². The zero-order chi connectivity index (χ0) is 31.5. The molecule has 230 valence electrons. The Balaban J connectivity index is 1.47. The van der Waals surface area contributed by atoms with Crippen LogP contribution in [0.1, 0.15) is 52.3 Å². The Bertz CT molecular complexity index is 1780.